The van der Waals surface area contributed by atoms with Crippen molar-refractivity contribution in [3.05, 3.63) is 0 Å². The van der Waals surface area contributed by atoms with Gasteiger partial charge in [0.1, 0.15) is 6.61 Å². The van der Waals surface area contributed by atoms with E-state index in [1.807, 2.05) is 0 Å². The minimum atomic E-state index is -0.290. The molecule has 4 N–H and O–H groups in total. The minimum Gasteiger partial charge on any atom is -0.378 e. The summed E-state index contributed by atoms with van der Waals surface area (Å²) in [7, 11) is 0. The molecule has 0 aliphatic carbocycles. The van der Waals surface area contributed by atoms with Gasteiger partial charge in [0.25, 0.3) is 0 Å². The lowest BCUT2D eigenvalue weighted by Gasteiger charge is -2.05. The van der Waals surface area contributed by atoms with Gasteiger partial charge in [-0.2, -0.15) is 0 Å². The van der Waals surface area contributed by atoms with E-state index in [1.165, 1.54) is 0 Å². The van der Waals surface area contributed by atoms with Gasteiger partial charge in [0, 0.05) is 13.1 Å². The molecular weight excluding hydrogens is 190 g/mol. The molecule has 0 spiro atoms. The highest BCUT2D eigenvalue weighted by Crippen LogP contribution is 1.72. The van der Waals surface area contributed by atoms with Crippen LogP contribution in [0, 0.1) is 0 Å². The minimum absolute atomic E-state index is 0.160. The van der Waals surface area contributed by atoms with Gasteiger partial charge in [0.15, 0.2) is 0 Å². The van der Waals surface area contributed by atoms with Crippen LogP contribution in [-0.2, 0) is 19.2 Å². The van der Waals surface area contributed by atoms with Crippen molar-refractivity contribution in [1.82, 2.24) is 10.6 Å². The van der Waals surface area contributed by atoms with E-state index >= 15 is 0 Å². The molecule has 0 atom stereocenters. The number of carbonyl (C=O) groups excluding carboxylic acids is 2. The number of nitrogens with two attached hydrogens (primary N) is 1. The lowest BCUT2D eigenvalue weighted by molar-refractivity contribution is -0.126. The van der Waals surface area contributed by atoms with Crippen LogP contribution >= 0.6 is 0 Å². The van der Waals surface area contributed by atoms with Crippen molar-refractivity contribution in [3.8, 4) is 0 Å². The summed E-state index contributed by atoms with van der Waals surface area (Å²) in [6, 6.07) is 0. The summed E-state index contributed by atoms with van der Waals surface area (Å²) in [5.41, 5.74) is 0. The largest absolute Gasteiger partial charge is 0.378 e. The van der Waals surface area contributed by atoms with E-state index < -0.39 is 0 Å². The van der Waals surface area contributed by atoms with Gasteiger partial charge in [-0.15, -0.1) is 0 Å². The monoisotopic (exact) mass is 205 g/mol. The fourth-order valence-corrected chi connectivity index (χ4v) is 0.681. The van der Waals surface area contributed by atoms with Gasteiger partial charge in [-0.05, 0) is 0 Å². The molecule has 7 nitrogen and oxygen atoms in total. The van der Waals surface area contributed by atoms with Gasteiger partial charge in [0.05, 0.1) is 13.2 Å². The van der Waals surface area contributed by atoms with E-state index in [0.717, 1.165) is 0 Å². The molecule has 0 aliphatic rings. The number of hydrogen-bond acceptors (Lipinski definition) is 5. The van der Waals surface area contributed by atoms with Gasteiger partial charge >= 0.3 is 0 Å². The third-order valence-corrected chi connectivity index (χ3v) is 1.26. The highest BCUT2D eigenvalue weighted by atomic mass is 16.6. The Labute approximate surface area is 81.9 Å². The third-order valence-electron chi connectivity index (χ3n) is 1.26. The molecule has 0 aromatic rings. The van der Waals surface area contributed by atoms with Crippen LogP contribution in [0.15, 0.2) is 0 Å². The second-order valence-corrected chi connectivity index (χ2v) is 2.35. The summed E-state index contributed by atoms with van der Waals surface area (Å²) in [4.78, 5) is 24.7. The van der Waals surface area contributed by atoms with Crippen LogP contribution in [0.2, 0.25) is 0 Å². The molecule has 0 radical (unpaired) electrons. The topological polar surface area (TPSA) is 103 Å². The predicted octanol–water partition coefficient (Wildman–Crippen LogP) is -2.24. The molecule has 0 aromatic heterocycles. The van der Waals surface area contributed by atoms with Crippen LogP contribution in [0.3, 0.4) is 0 Å². The van der Waals surface area contributed by atoms with Crippen molar-refractivity contribution >= 4 is 12.3 Å². The van der Waals surface area contributed by atoms with E-state index in [1.54, 1.807) is 0 Å². The smallest absolute Gasteiger partial charge is 0.248 e. The summed E-state index contributed by atoms with van der Waals surface area (Å²) < 4.78 is 5.06. The molecule has 0 saturated heterocycles. The first-order chi connectivity index (χ1) is 6.81. The zero-order valence-electron chi connectivity index (χ0n) is 7.82. The van der Waals surface area contributed by atoms with E-state index in [2.05, 4.69) is 21.4 Å². The summed E-state index contributed by atoms with van der Waals surface area (Å²) in [5, 5.41) is 4.95. The zero-order chi connectivity index (χ0) is 10.6. The number of nitrogens with one attached hydrogen (secondary N) is 2. The zero-order valence-corrected chi connectivity index (χ0v) is 7.82. The van der Waals surface area contributed by atoms with Crippen LogP contribution in [0.4, 0.5) is 0 Å². The number of carbonyl (C=O) groups is 2. The Morgan fingerprint density at radius 3 is 2.71 bits per heavy atom. The van der Waals surface area contributed by atoms with Crippen molar-refractivity contribution in [1.29, 1.82) is 0 Å². The Bertz CT molecular complexity index is 165. The molecule has 0 rings (SSSR count). The van der Waals surface area contributed by atoms with E-state index in [4.69, 9.17) is 4.74 Å². The molecule has 0 saturated carbocycles. The lowest BCUT2D eigenvalue weighted by Crippen LogP contribution is -2.32. The molecule has 0 aromatic carbocycles. The first kappa shape index (κ1) is 12.8. The summed E-state index contributed by atoms with van der Waals surface area (Å²) >= 11 is 0. The Morgan fingerprint density at radius 2 is 2.07 bits per heavy atom. The molecule has 82 valence electrons. The van der Waals surface area contributed by atoms with Gasteiger partial charge in [-0.1, -0.05) is 0 Å². The van der Waals surface area contributed by atoms with Crippen LogP contribution < -0.4 is 16.5 Å². The quantitative estimate of drug-likeness (QED) is 0.224. The second-order valence-electron chi connectivity index (χ2n) is 2.35. The maximum atomic E-state index is 10.7. The van der Waals surface area contributed by atoms with Crippen LogP contribution in [-0.4, -0.2) is 45.2 Å². The molecule has 0 heterocycles. The number of rotatable bonds is 9. The highest BCUT2D eigenvalue weighted by molar-refractivity contribution is 5.77. The third kappa shape index (κ3) is 8.91. The Morgan fingerprint density at radius 1 is 1.36 bits per heavy atom. The van der Waals surface area contributed by atoms with Crippen molar-refractivity contribution in [2.24, 2.45) is 5.90 Å². The Balaban J connectivity index is 3.05. The Kier molecular flexibility index (Phi) is 9.07. The normalized spacial score (nSPS) is 9.50. The van der Waals surface area contributed by atoms with Crippen LogP contribution in [0.5, 0.6) is 0 Å². The molecule has 7 heteroatoms. The first-order valence-corrected chi connectivity index (χ1v) is 4.14. The summed E-state index contributed by atoms with van der Waals surface area (Å²) in [6.45, 7) is 1.50. The molecule has 0 unspecified atom stereocenters. The van der Waals surface area contributed by atoms with E-state index in [-0.39, 0.29) is 12.5 Å². The second kappa shape index (κ2) is 9.90. The predicted molar refractivity (Wildman–Crippen MR) is 48.0 cm³/mol. The van der Waals surface area contributed by atoms with Gasteiger partial charge < -0.3 is 15.4 Å². The molecular formula is C7H15N3O4. The van der Waals surface area contributed by atoms with Crippen molar-refractivity contribution in [2.75, 3.05) is 32.9 Å². The fraction of sp³-hybridized carbons (Fsp3) is 0.714. The summed E-state index contributed by atoms with van der Waals surface area (Å²) in [5.74, 6) is 4.39. The number of hydrogen-bond donors (Lipinski definition) is 3. The highest BCUT2D eigenvalue weighted by Gasteiger charge is 1.97. The lowest BCUT2D eigenvalue weighted by atomic mass is 10.6. The number of amides is 2. The molecule has 2 amide bonds. The first-order valence-electron chi connectivity index (χ1n) is 4.14. The maximum absolute atomic E-state index is 10.7. The van der Waals surface area contributed by atoms with E-state index in [0.29, 0.717) is 32.7 Å². The molecule has 14 heavy (non-hydrogen) atoms. The molecule has 0 aliphatic heterocycles. The SMILES string of the molecule is NOCC(=O)NCCOCCNC=O. The molecule has 0 bridgehead atoms. The standard InChI is InChI=1S/C7H15N3O4/c8-14-5-7(12)10-2-4-13-3-1-9-6-11/h6H,1-5,8H2,(H,9,11)(H,10,12). The van der Waals surface area contributed by atoms with E-state index in [9.17, 15) is 9.59 Å². The van der Waals surface area contributed by atoms with Gasteiger partial charge in [-0.25, -0.2) is 5.90 Å². The average molecular weight is 205 g/mol. The van der Waals surface area contributed by atoms with Crippen molar-refractivity contribution in [3.63, 3.8) is 0 Å². The van der Waals surface area contributed by atoms with Crippen molar-refractivity contribution < 1.29 is 19.2 Å². The summed E-state index contributed by atoms with van der Waals surface area (Å²) in [6.07, 6.45) is 0.601. The maximum Gasteiger partial charge on any atom is 0.248 e. The Hall–Kier alpha value is -1.18. The molecule has 0 fully saturated rings. The number of ether oxygens (including phenoxy) is 1. The average Bonchev–Trinajstić information content (AvgIpc) is 2.17. The van der Waals surface area contributed by atoms with Gasteiger partial charge in [0.2, 0.25) is 12.3 Å². The fourth-order valence-electron chi connectivity index (χ4n) is 0.681. The van der Waals surface area contributed by atoms with Crippen molar-refractivity contribution in [2.45, 2.75) is 0 Å². The van der Waals surface area contributed by atoms with Crippen LogP contribution in [0.1, 0.15) is 0 Å². The van der Waals surface area contributed by atoms with Gasteiger partial charge in [-0.3, -0.25) is 14.4 Å². The van der Waals surface area contributed by atoms with Crippen LogP contribution in [0.25, 0.3) is 0 Å².